The second-order valence-electron chi connectivity index (χ2n) is 4.04. The molecule has 2 rings (SSSR count). The highest BCUT2D eigenvalue weighted by Gasteiger charge is 2.17. The molecule has 1 aromatic heterocycles. The van der Waals surface area contributed by atoms with Crippen molar-refractivity contribution in [3.05, 3.63) is 55.7 Å². The van der Waals surface area contributed by atoms with Crippen molar-refractivity contribution in [3.8, 4) is 0 Å². The SMILES string of the molecule is CCc1ccc(C(=O)Cc2c(F)ccc(Br)c2F)s1. The summed E-state index contributed by atoms with van der Waals surface area (Å²) >= 11 is 4.36. The highest BCUT2D eigenvalue weighted by atomic mass is 79.9. The predicted molar refractivity (Wildman–Crippen MR) is 75.8 cm³/mol. The predicted octanol–water partition coefficient (Wildman–Crippen LogP) is 4.78. The molecular weight excluding hydrogens is 334 g/mol. The van der Waals surface area contributed by atoms with E-state index in [1.54, 1.807) is 6.07 Å². The lowest BCUT2D eigenvalue weighted by molar-refractivity contribution is 0.0994. The molecule has 0 saturated heterocycles. The van der Waals surface area contributed by atoms with Crippen molar-refractivity contribution in [2.45, 2.75) is 19.8 Å². The molecule has 0 amide bonds. The topological polar surface area (TPSA) is 17.1 Å². The molecule has 5 heteroatoms. The van der Waals surface area contributed by atoms with Gasteiger partial charge in [0.1, 0.15) is 11.6 Å². The summed E-state index contributed by atoms with van der Waals surface area (Å²) in [7, 11) is 0. The highest BCUT2D eigenvalue weighted by molar-refractivity contribution is 9.10. The van der Waals surface area contributed by atoms with Crippen molar-refractivity contribution >= 4 is 33.0 Å². The molecule has 0 spiro atoms. The standard InChI is InChI=1S/C14H11BrF2OS/c1-2-8-3-6-13(19-8)12(18)7-9-11(16)5-4-10(15)14(9)17/h3-6H,2,7H2,1H3. The Balaban J connectivity index is 2.26. The molecule has 0 bridgehead atoms. The number of aryl methyl sites for hydroxylation is 1. The van der Waals surface area contributed by atoms with Gasteiger partial charge in [-0.2, -0.15) is 0 Å². The fraction of sp³-hybridized carbons (Fsp3) is 0.214. The summed E-state index contributed by atoms with van der Waals surface area (Å²) in [6.07, 6.45) is 0.582. The van der Waals surface area contributed by atoms with Gasteiger partial charge >= 0.3 is 0 Å². The maximum absolute atomic E-state index is 13.8. The Morgan fingerprint density at radius 1 is 1.26 bits per heavy atom. The van der Waals surface area contributed by atoms with Gasteiger partial charge in [0.15, 0.2) is 5.78 Å². The zero-order chi connectivity index (χ0) is 14.0. The zero-order valence-corrected chi connectivity index (χ0v) is 12.6. The van der Waals surface area contributed by atoms with Gasteiger partial charge in [-0.1, -0.05) is 6.92 Å². The van der Waals surface area contributed by atoms with Crippen LogP contribution in [0.3, 0.4) is 0 Å². The second kappa shape index (κ2) is 5.92. The van der Waals surface area contributed by atoms with Gasteiger partial charge in [0, 0.05) is 16.9 Å². The van der Waals surface area contributed by atoms with Crippen molar-refractivity contribution in [1.82, 2.24) is 0 Å². The van der Waals surface area contributed by atoms with Crippen molar-refractivity contribution in [1.29, 1.82) is 0 Å². The number of carbonyl (C=O) groups excluding carboxylic acids is 1. The molecule has 0 aliphatic rings. The Morgan fingerprint density at radius 3 is 2.63 bits per heavy atom. The zero-order valence-electron chi connectivity index (χ0n) is 10.2. The molecule has 0 fully saturated rings. The van der Waals surface area contributed by atoms with E-state index in [9.17, 15) is 13.6 Å². The van der Waals surface area contributed by atoms with Crippen molar-refractivity contribution in [2.24, 2.45) is 0 Å². The summed E-state index contributed by atoms with van der Waals surface area (Å²) < 4.78 is 27.5. The number of ketones is 1. The number of hydrogen-bond donors (Lipinski definition) is 0. The Labute approximate surface area is 122 Å². The van der Waals surface area contributed by atoms with Gasteiger partial charge in [-0.3, -0.25) is 4.79 Å². The Bertz CT molecular complexity index is 622. The van der Waals surface area contributed by atoms with E-state index in [4.69, 9.17) is 0 Å². The van der Waals surface area contributed by atoms with Crippen LogP contribution in [0.25, 0.3) is 0 Å². The van der Waals surface area contributed by atoms with Crippen LogP contribution in [0.1, 0.15) is 27.0 Å². The molecular formula is C14H11BrF2OS. The van der Waals surface area contributed by atoms with Gasteiger partial charge < -0.3 is 0 Å². The maximum atomic E-state index is 13.8. The number of thiophene rings is 1. The minimum absolute atomic E-state index is 0.164. The number of rotatable bonds is 4. The Hall–Kier alpha value is -1.07. The van der Waals surface area contributed by atoms with E-state index in [-0.39, 0.29) is 22.2 Å². The first kappa shape index (κ1) is 14.3. The Morgan fingerprint density at radius 2 is 2.00 bits per heavy atom. The number of carbonyl (C=O) groups is 1. The fourth-order valence-electron chi connectivity index (χ4n) is 1.70. The van der Waals surface area contributed by atoms with Crippen LogP contribution in [0.4, 0.5) is 8.78 Å². The summed E-state index contributed by atoms with van der Waals surface area (Å²) in [6, 6.07) is 6.02. The molecule has 100 valence electrons. The van der Waals surface area contributed by atoms with Crippen LogP contribution in [0, 0.1) is 11.6 Å². The summed E-state index contributed by atoms with van der Waals surface area (Å²) in [5.74, 6) is -1.66. The van der Waals surface area contributed by atoms with Crippen molar-refractivity contribution < 1.29 is 13.6 Å². The lowest BCUT2D eigenvalue weighted by atomic mass is 10.1. The first-order chi connectivity index (χ1) is 9.02. The largest absolute Gasteiger partial charge is 0.293 e. The molecule has 0 radical (unpaired) electrons. The van der Waals surface area contributed by atoms with Crippen LogP contribution in [0.5, 0.6) is 0 Å². The fourth-order valence-corrected chi connectivity index (χ4v) is 2.95. The molecule has 1 nitrogen and oxygen atoms in total. The summed E-state index contributed by atoms with van der Waals surface area (Å²) in [5.41, 5.74) is -0.189. The van der Waals surface area contributed by atoms with E-state index in [1.165, 1.54) is 17.4 Å². The maximum Gasteiger partial charge on any atom is 0.177 e. The van der Waals surface area contributed by atoms with Crippen LogP contribution in [0.15, 0.2) is 28.7 Å². The molecule has 1 heterocycles. The van der Waals surface area contributed by atoms with Crippen LogP contribution in [0.2, 0.25) is 0 Å². The van der Waals surface area contributed by atoms with Gasteiger partial charge in [0.05, 0.1) is 9.35 Å². The van der Waals surface area contributed by atoms with E-state index in [0.717, 1.165) is 17.4 Å². The average molecular weight is 345 g/mol. The molecule has 19 heavy (non-hydrogen) atoms. The summed E-state index contributed by atoms with van der Waals surface area (Å²) in [4.78, 5) is 13.6. The van der Waals surface area contributed by atoms with Gasteiger partial charge in [0.2, 0.25) is 0 Å². The number of benzene rings is 1. The number of hydrogen-bond acceptors (Lipinski definition) is 2. The van der Waals surface area contributed by atoms with E-state index in [2.05, 4.69) is 15.9 Å². The molecule has 2 aromatic rings. The average Bonchev–Trinajstić information content (AvgIpc) is 2.88. The quantitative estimate of drug-likeness (QED) is 0.576. The van der Waals surface area contributed by atoms with Crippen molar-refractivity contribution in [2.75, 3.05) is 0 Å². The van der Waals surface area contributed by atoms with Crippen LogP contribution in [-0.4, -0.2) is 5.78 Å². The minimum atomic E-state index is -0.708. The molecule has 0 atom stereocenters. The van der Waals surface area contributed by atoms with Gasteiger partial charge in [-0.25, -0.2) is 8.78 Å². The van der Waals surface area contributed by atoms with E-state index in [1.807, 2.05) is 13.0 Å². The van der Waals surface area contributed by atoms with E-state index < -0.39 is 11.6 Å². The third-order valence-corrected chi connectivity index (χ3v) is 4.64. The summed E-state index contributed by atoms with van der Waals surface area (Å²) in [5, 5.41) is 0. The minimum Gasteiger partial charge on any atom is -0.293 e. The van der Waals surface area contributed by atoms with Crippen LogP contribution in [-0.2, 0) is 12.8 Å². The number of Topliss-reactive ketones (excluding diaryl/α,β-unsaturated/α-hetero) is 1. The molecule has 0 aliphatic carbocycles. The smallest absolute Gasteiger partial charge is 0.177 e. The van der Waals surface area contributed by atoms with Gasteiger partial charge in [-0.15, -0.1) is 11.3 Å². The third-order valence-electron chi connectivity index (χ3n) is 2.76. The Kier molecular flexibility index (Phi) is 4.47. The third kappa shape index (κ3) is 3.09. The summed E-state index contributed by atoms with van der Waals surface area (Å²) in [6.45, 7) is 1.99. The van der Waals surface area contributed by atoms with Gasteiger partial charge in [0.25, 0.3) is 0 Å². The van der Waals surface area contributed by atoms with E-state index in [0.29, 0.717) is 4.88 Å². The molecule has 0 unspecified atom stereocenters. The lowest BCUT2D eigenvalue weighted by Crippen LogP contribution is -2.06. The second-order valence-corrected chi connectivity index (χ2v) is 6.06. The normalized spacial score (nSPS) is 10.7. The van der Waals surface area contributed by atoms with Crippen LogP contribution >= 0.6 is 27.3 Å². The monoisotopic (exact) mass is 344 g/mol. The molecule has 0 aliphatic heterocycles. The first-order valence-electron chi connectivity index (χ1n) is 5.77. The van der Waals surface area contributed by atoms with Crippen molar-refractivity contribution in [3.63, 3.8) is 0 Å². The lowest BCUT2D eigenvalue weighted by Gasteiger charge is -2.05. The highest BCUT2D eigenvalue weighted by Crippen LogP contribution is 2.24. The van der Waals surface area contributed by atoms with E-state index >= 15 is 0 Å². The van der Waals surface area contributed by atoms with Gasteiger partial charge in [-0.05, 0) is 46.6 Å². The number of halogens is 3. The van der Waals surface area contributed by atoms with Crippen LogP contribution < -0.4 is 0 Å². The molecule has 0 saturated carbocycles. The first-order valence-corrected chi connectivity index (χ1v) is 7.38. The molecule has 0 N–H and O–H groups in total. The molecule has 1 aromatic carbocycles.